The van der Waals surface area contributed by atoms with Gasteiger partial charge < -0.3 is 14.8 Å². The van der Waals surface area contributed by atoms with Crippen LogP contribution in [0.2, 0.25) is 0 Å². The van der Waals surface area contributed by atoms with Crippen LogP contribution >= 0.6 is 0 Å². The van der Waals surface area contributed by atoms with Gasteiger partial charge in [-0.05, 0) is 30.5 Å². The molecule has 1 aromatic rings. The summed E-state index contributed by atoms with van der Waals surface area (Å²) in [5.74, 6) is -0.00238. The minimum absolute atomic E-state index is 0.00238. The normalized spacial score (nSPS) is 15.7. The highest BCUT2D eigenvalue weighted by atomic mass is 16.5. The molecule has 0 atom stereocenters. The Labute approximate surface area is 132 Å². The number of methoxy groups -OCH3 is 1. The number of amides is 1. The Kier molecular flexibility index (Phi) is 6.83. The maximum Gasteiger partial charge on any atom is 0.251 e. The van der Waals surface area contributed by atoms with Crippen LogP contribution in [-0.4, -0.2) is 57.4 Å². The molecule has 0 aromatic heterocycles. The molecule has 122 valence electrons. The van der Waals surface area contributed by atoms with Crippen LogP contribution in [0, 0.1) is 6.92 Å². The van der Waals surface area contributed by atoms with E-state index >= 15 is 0 Å². The molecule has 1 aliphatic rings. The van der Waals surface area contributed by atoms with Gasteiger partial charge in [-0.1, -0.05) is 12.1 Å². The number of carbonyl (C=O) groups excluding carboxylic acids is 1. The standard InChI is InChI=1S/C17H26N2O3/c1-14-4-5-15(13-19-7-10-22-11-8-19)12-16(14)17(20)18-6-3-9-21-2/h4-5,12H,3,6-11,13H2,1-2H3,(H,18,20). The van der Waals surface area contributed by atoms with Crippen molar-refractivity contribution in [2.24, 2.45) is 0 Å². The predicted molar refractivity (Wildman–Crippen MR) is 86.1 cm³/mol. The van der Waals surface area contributed by atoms with Crippen LogP contribution in [0.3, 0.4) is 0 Å². The fraction of sp³-hybridized carbons (Fsp3) is 0.588. The van der Waals surface area contributed by atoms with E-state index in [-0.39, 0.29) is 5.91 Å². The Hall–Kier alpha value is -1.43. The molecule has 1 amide bonds. The van der Waals surface area contributed by atoms with Crippen molar-refractivity contribution < 1.29 is 14.3 Å². The number of hydrogen-bond donors (Lipinski definition) is 1. The van der Waals surface area contributed by atoms with E-state index in [1.54, 1.807) is 7.11 Å². The van der Waals surface area contributed by atoms with E-state index in [2.05, 4.69) is 16.3 Å². The molecule has 22 heavy (non-hydrogen) atoms. The minimum atomic E-state index is -0.00238. The number of nitrogens with one attached hydrogen (secondary N) is 1. The zero-order valence-corrected chi connectivity index (χ0v) is 13.6. The second-order valence-electron chi connectivity index (χ2n) is 5.64. The average Bonchev–Trinajstić information content (AvgIpc) is 2.54. The van der Waals surface area contributed by atoms with Gasteiger partial charge in [-0.25, -0.2) is 0 Å². The highest BCUT2D eigenvalue weighted by molar-refractivity contribution is 5.95. The zero-order valence-electron chi connectivity index (χ0n) is 13.6. The number of ether oxygens (including phenoxy) is 2. The third kappa shape index (κ3) is 5.09. The van der Waals surface area contributed by atoms with Gasteiger partial charge in [0.15, 0.2) is 0 Å². The van der Waals surface area contributed by atoms with E-state index in [0.29, 0.717) is 13.2 Å². The van der Waals surface area contributed by atoms with E-state index in [0.717, 1.165) is 50.4 Å². The molecule has 5 nitrogen and oxygen atoms in total. The molecule has 0 saturated carbocycles. The highest BCUT2D eigenvalue weighted by Crippen LogP contribution is 2.14. The summed E-state index contributed by atoms with van der Waals surface area (Å²) in [5, 5.41) is 2.95. The van der Waals surface area contributed by atoms with Crippen molar-refractivity contribution in [3.8, 4) is 0 Å². The fourth-order valence-electron chi connectivity index (χ4n) is 2.54. The van der Waals surface area contributed by atoms with Crippen LogP contribution in [0.5, 0.6) is 0 Å². The molecule has 1 aliphatic heterocycles. The molecular weight excluding hydrogens is 280 g/mol. The first-order valence-corrected chi connectivity index (χ1v) is 7.87. The molecule has 1 N–H and O–H groups in total. The summed E-state index contributed by atoms with van der Waals surface area (Å²) >= 11 is 0. The topological polar surface area (TPSA) is 50.8 Å². The Morgan fingerprint density at radius 1 is 1.36 bits per heavy atom. The number of morpholine rings is 1. The average molecular weight is 306 g/mol. The van der Waals surface area contributed by atoms with Gasteiger partial charge in [0.2, 0.25) is 0 Å². The Morgan fingerprint density at radius 2 is 2.14 bits per heavy atom. The SMILES string of the molecule is COCCCNC(=O)c1cc(CN2CCOCC2)ccc1C. The maximum atomic E-state index is 12.3. The fourth-order valence-corrected chi connectivity index (χ4v) is 2.54. The predicted octanol–water partition coefficient (Wildman–Crippen LogP) is 1.59. The van der Waals surface area contributed by atoms with E-state index in [9.17, 15) is 4.79 Å². The maximum absolute atomic E-state index is 12.3. The molecule has 0 spiro atoms. The molecule has 0 radical (unpaired) electrons. The summed E-state index contributed by atoms with van der Waals surface area (Å²) in [4.78, 5) is 14.6. The van der Waals surface area contributed by atoms with E-state index in [1.165, 1.54) is 5.56 Å². The first-order chi connectivity index (χ1) is 10.7. The highest BCUT2D eigenvalue weighted by Gasteiger charge is 2.13. The molecular formula is C17H26N2O3. The third-order valence-electron chi connectivity index (χ3n) is 3.87. The molecule has 1 fully saturated rings. The molecule has 1 heterocycles. The minimum Gasteiger partial charge on any atom is -0.385 e. The lowest BCUT2D eigenvalue weighted by atomic mass is 10.0. The molecule has 2 rings (SSSR count). The lowest BCUT2D eigenvalue weighted by molar-refractivity contribution is 0.0342. The molecule has 0 unspecified atom stereocenters. The van der Waals surface area contributed by atoms with Gasteiger partial charge in [-0.2, -0.15) is 0 Å². The summed E-state index contributed by atoms with van der Waals surface area (Å²) < 4.78 is 10.4. The summed E-state index contributed by atoms with van der Waals surface area (Å²) in [5.41, 5.74) is 2.95. The summed E-state index contributed by atoms with van der Waals surface area (Å²) in [7, 11) is 1.67. The van der Waals surface area contributed by atoms with Crippen LogP contribution in [0.1, 0.15) is 27.9 Å². The largest absolute Gasteiger partial charge is 0.385 e. The van der Waals surface area contributed by atoms with Gasteiger partial charge in [0.25, 0.3) is 5.91 Å². The summed E-state index contributed by atoms with van der Waals surface area (Å²) in [6.45, 7) is 7.63. The first kappa shape index (κ1) is 16.9. The van der Waals surface area contributed by atoms with Crippen LogP contribution in [0.15, 0.2) is 18.2 Å². The van der Waals surface area contributed by atoms with E-state index in [1.807, 2.05) is 19.1 Å². The van der Waals surface area contributed by atoms with Crippen LogP contribution < -0.4 is 5.32 Å². The number of benzene rings is 1. The van der Waals surface area contributed by atoms with Crippen molar-refractivity contribution in [1.29, 1.82) is 0 Å². The number of aryl methyl sites for hydroxylation is 1. The number of rotatable bonds is 7. The molecule has 1 saturated heterocycles. The van der Waals surface area contributed by atoms with Crippen LogP contribution in [0.25, 0.3) is 0 Å². The monoisotopic (exact) mass is 306 g/mol. The Morgan fingerprint density at radius 3 is 2.86 bits per heavy atom. The number of carbonyl (C=O) groups is 1. The zero-order chi connectivity index (χ0) is 15.8. The van der Waals surface area contributed by atoms with Gasteiger partial charge >= 0.3 is 0 Å². The van der Waals surface area contributed by atoms with Crippen molar-refractivity contribution in [3.05, 3.63) is 34.9 Å². The Balaban J connectivity index is 1.94. The van der Waals surface area contributed by atoms with Crippen molar-refractivity contribution in [3.63, 3.8) is 0 Å². The second kappa shape index (κ2) is 8.88. The quantitative estimate of drug-likeness (QED) is 0.777. The lowest BCUT2D eigenvalue weighted by Crippen LogP contribution is -2.35. The Bertz CT molecular complexity index is 485. The van der Waals surface area contributed by atoms with Gasteiger partial charge in [0.1, 0.15) is 0 Å². The van der Waals surface area contributed by atoms with Gasteiger partial charge in [0.05, 0.1) is 13.2 Å². The first-order valence-electron chi connectivity index (χ1n) is 7.87. The number of hydrogen-bond acceptors (Lipinski definition) is 4. The number of nitrogens with zero attached hydrogens (tertiary/aromatic N) is 1. The summed E-state index contributed by atoms with van der Waals surface area (Å²) in [6.07, 6.45) is 0.828. The molecule has 1 aromatic carbocycles. The van der Waals surface area contributed by atoms with Crippen LogP contribution in [-0.2, 0) is 16.0 Å². The molecule has 5 heteroatoms. The van der Waals surface area contributed by atoms with Crippen molar-refractivity contribution >= 4 is 5.91 Å². The van der Waals surface area contributed by atoms with Crippen molar-refractivity contribution in [2.45, 2.75) is 19.9 Å². The van der Waals surface area contributed by atoms with Crippen molar-refractivity contribution in [2.75, 3.05) is 46.6 Å². The van der Waals surface area contributed by atoms with Gasteiger partial charge in [0, 0.05) is 45.5 Å². The van der Waals surface area contributed by atoms with E-state index < -0.39 is 0 Å². The van der Waals surface area contributed by atoms with Gasteiger partial charge in [-0.3, -0.25) is 9.69 Å². The molecule has 0 bridgehead atoms. The van der Waals surface area contributed by atoms with E-state index in [4.69, 9.17) is 9.47 Å². The second-order valence-corrected chi connectivity index (χ2v) is 5.64. The lowest BCUT2D eigenvalue weighted by Gasteiger charge is -2.26. The third-order valence-corrected chi connectivity index (χ3v) is 3.87. The molecule has 0 aliphatic carbocycles. The van der Waals surface area contributed by atoms with Gasteiger partial charge in [-0.15, -0.1) is 0 Å². The van der Waals surface area contributed by atoms with Crippen LogP contribution in [0.4, 0.5) is 0 Å². The smallest absolute Gasteiger partial charge is 0.251 e. The van der Waals surface area contributed by atoms with Crippen molar-refractivity contribution in [1.82, 2.24) is 10.2 Å². The summed E-state index contributed by atoms with van der Waals surface area (Å²) in [6, 6.07) is 6.14.